The van der Waals surface area contributed by atoms with Crippen LogP contribution in [0.15, 0.2) is 48.5 Å². The summed E-state index contributed by atoms with van der Waals surface area (Å²) >= 11 is -3.28. The summed E-state index contributed by atoms with van der Waals surface area (Å²) in [5.74, 6) is 0. The fourth-order valence-electron chi connectivity index (χ4n) is 1.40. The van der Waals surface area contributed by atoms with Crippen molar-refractivity contribution in [3.8, 4) is 12.1 Å². The summed E-state index contributed by atoms with van der Waals surface area (Å²) in [4.78, 5) is 0. The maximum absolute atomic E-state index is 8.77. The fourth-order valence-corrected chi connectivity index (χ4v) is 7.42. The second-order valence-electron chi connectivity index (χ2n) is 3.53. The molecule has 0 N–H and O–H groups in total. The minimum absolute atomic E-state index is 0.578. The molecule has 0 unspecified atom stereocenters. The van der Waals surface area contributed by atoms with Gasteiger partial charge in [0.25, 0.3) is 0 Å². The molecule has 0 saturated carbocycles. The fraction of sp³-hybridized carbons (Fsp3) is 0. The molecule has 0 aromatic heterocycles. The Morgan fingerprint density at radius 3 is 1.26 bits per heavy atom. The number of rotatable bonds is 2. The predicted octanol–water partition coefficient (Wildman–Crippen LogP) is 2.84. The molecule has 0 radical (unpaired) electrons. The van der Waals surface area contributed by atoms with E-state index in [-0.39, 0.29) is 0 Å². The third-order valence-electron chi connectivity index (χ3n) is 2.36. The van der Waals surface area contributed by atoms with Gasteiger partial charge in [0, 0.05) is 0 Å². The van der Waals surface area contributed by atoms with Crippen molar-refractivity contribution in [2.24, 2.45) is 0 Å². The van der Waals surface area contributed by atoms with Gasteiger partial charge in [-0.25, -0.2) is 0 Å². The molecule has 0 heterocycles. The van der Waals surface area contributed by atoms with Crippen molar-refractivity contribution in [1.29, 1.82) is 10.5 Å². The van der Waals surface area contributed by atoms with Crippen LogP contribution in [0.1, 0.15) is 11.1 Å². The van der Waals surface area contributed by atoms with Crippen LogP contribution in [-0.2, 0) is 14.0 Å². The van der Waals surface area contributed by atoms with Gasteiger partial charge < -0.3 is 0 Å². The molecule has 5 heteroatoms. The van der Waals surface area contributed by atoms with Gasteiger partial charge in [-0.3, -0.25) is 0 Å². The molecular formula is C14H8Cl2N2Pt. The van der Waals surface area contributed by atoms with Crippen molar-refractivity contribution in [3.05, 3.63) is 59.7 Å². The summed E-state index contributed by atoms with van der Waals surface area (Å²) < 4.78 is 1.72. The summed E-state index contributed by atoms with van der Waals surface area (Å²) in [5, 5.41) is 17.5. The SMILES string of the molecule is N#Cc1cc[c]([Pt]([Cl])([Cl])[c]2ccc(C#N)cc2)cc1. The summed E-state index contributed by atoms with van der Waals surface area (Å²) in [6.07, 6.45) is 0. The molecule has 19 heavy (non-hydrogen) atoms. The van der Waals surface area contributed by atoms with Gasteiger partial charge in [-0.1, -0.05) is 0 Å². The Bertz CT molecular complexity index is 605. The van der Waals surface area contributed by atoms with Crippen LogP contribution in [0.25, 0.3) is 0 Å². The number of halogens is 2. The Morgan fingerprint density at radius 2 is 1.00 bits per heavy atom. The van der Waals surface area contributed by atoms with Crippen LogP contribution < -0.4 is 7.91 Å². The van der Waals surface area contributed by atoms with Gasteiger partial charge in [0.05, 0.1) is 0 Å². The Morgan fingerprint density at radius 1 is 0.684 bits per heavy atom. The number of nitrogens with zero attached hydrogens (tertiary/aromatic N) is 2. The molecule has 0 amide bonds. The monoisotopic (exact) mass is 469 g/mol. The van der Waals surface area contributed by atoms with E-state index in [0.717, 1.165) is 7.91 Å². The van der Waals surface area contributed by atoms with Crippen LogP contribution >= 0.6 is 18.8 Å². The Labute approximate surface area is 122 Å². The molecule has 0 aliphatic heterocycles. The molecule has 0 aliphatic rings. The van der Waals surface area contributed by atoms with Crippen molar-refractivity contribution >= 4 is 26.7 Å². The van der Waals surface area contributed by atoms with E-state index in [2.05, 4.69) is 12.1 Å². The van der Waals surface area contributed by atoms with Gasteiger partial charge in [-0.2, -0.15) is 0 Å². The Kier molecular flexibility index (Phi) is 4.28. The van der Waals surface area contributed by atoms with E-state index < -0.39 is 14.0 Å². The van der Waals surface area contributed by atoms with Crippen molar-refractivity contribution in [1.82, 2.24) is 0 Å². The third kappa shape index (κ3) is 2.99. The van der Waals surface area contributed by atoms with Crippen LogP contribution in [0, 0.1) is 22.7 Å². The first-order valence-electron chi connectivity index (χ1n) is 5.15. The van der Waals surface area contributed by atoms with Crippen LogP contribution in [0.4, 0.5) is 0 Å². The van der Waals surface area contributed by atoms with Crippen molar-refractivity contribution in [2.75, 3.05) is 0 Å². The standard InChI is InChI=1S/2C7H4N.2ClH.Pt/c2*8-6-7-4-2-1-3-5-7;;;/h2*2-5H;2*1H;/q;;;;+2/p-2. The second kappa shape index (κ2) is 5.77. The zero-order chi connectivity index (χ0) is 13.9. The van der Waals surface area contributed by atoms with Crippen molar-refractivity contribution in [3.63, 3.8) is 0 Å². The number of nitriles is 2. The van der Waals surface area contributed by atoms with E-state index in [0.29, 0.717) is 11.1 Å². The average Bonchev–Trinajstić information content (AvgIpc) is 2.47. The van der Waals surface area contributed by atoms with E-state index in [1.807, 2.05) is 0 Å². The molecule has 0 spiro atoms. The van der Waals surface area contributed by atoms with Gasteiger partial charge in [-0.05, 0) is 0 Å². The molecule has 2 nitrogen and oxygen atoms in total. The molecule has 0 fully saturated rings. The molecule has 2 rings (SSSR count). The zero-order valence-corrected chi connectivity index (χ0v) is 13.4. The van der Waals surface area contributed by atoms with E-state index in [1.165, 1.54) is 0 Å². The molecule has 2 aromatic carbocycles. The van der Waals surface area contributed by atoms with Crippen LogP contribution in [0.3, 0.4) is 0 Å². The molecule has 2 aromatic rings. The normalized spacial score (nSPS) is 11.4. The summed E-state index contributed by atoms with van der Waals surface area (Å²) in [7, 11) is 13.1. The Hall–Kier alpha value is -1.31. The third-order valence-corrected chi connectivity index (χ3v) is 11.7. The first-order valence-corrected chi connectivity index (χ1v) is 13.0. The van der Waals surface area contributed by atoms with Gasteiger partial charge in [0.1, 0.15) is 0 Å². The maximum atomic E-state index is 8.77. The minimum atomic E-state index is -3.28. The number of hydrogen-bond donors (Lipinski definition) is 0. The molecule has 0 saturated heterocycles. The van der Waals surface area contributed by atoms with Crippen molar-refractivity contribution in [2.45, 2.75) is 0 Å². The second-order valence-corrected chi connectivity index (χ2v) is 15.6. The zero-order valence-electron chi connectivity index (χ0n) is 9.59. The van der Waals surface area contributed by atoms with Gasteiger partial charge in [-0.15, -0.1) is 0 Å². The molecule has 98 valence electrons. The molecular weight excluding hydrogens is 462 g/mol. The van der Waals surface area contributed by atoms with Gasteiger partial charge in [0.15, 0.2) is 0 Å². The molecule has 0 atom stereocenters. The Balaban J connectivity index is 2.40. The van der Waals surface area contributed by atoms with Crippen LogP contribution in [-0.4, -0.2) is 0 Å². The molecule has 0 aliphatic carbocycles. The van der Waals surface area contributed by atoms with E-state index in [1.54, 1.807) is 48.5 Å². The number of benzene rings is 2. The topological polar surface area (TPSA) is 47.6 Å². The van der Waals surface area contributed by atoms with Gasteiger partial charge in [0.2, 0.25) is 0 Å². The first-order chi connectivity index (χ1) is 9.07. The van der Waals surface area contributed by atoms with E-state index in [4.69, 9.17) is 29.4 Å². The van der Waals surface area contributed by atoms with E-state index >= 15 is 0 Å². The summed E-state index contributed by atoms with van der Waals surface area (Å²) in [6, 6.07) is 18.2. The quantitative estimate of drug-likeness (QED) is 0.678. The number of hydrogen-bond acceptors (Lipinski definition) is 2. The van der Waals surface area contributed by atoms with Gasteiger partial charge >= 0.3 is 123 Å². The van der Waals surface area contributed by atoms with Crippen LogP contribution in [0.2, 0.25) is 0 Å². The molecule has 0 bridgehead atoms. The summed E-state index contributed by atoms with van der Waals surface area (Å²) in [5.41, 5.74) is 1.16. The van der Waals surface area contributed by atoms with Crippen LogP contribution in [0.5, 0.6) is 0 Å². The van der Waals surface area contributed by atoms with Crippen molar-refractivity contribution < 1.29 is 14.0 Å². The average molecular weight is 470 g/mol. The first kappa shape index (κ1) is 14.1. The van der Waals surface area contributed by atoms with E-state index in [9.17, 15) is 0 Å². The summed E-state index contributed by atoms with van der Waals surface area (Å²) in [6.45, 7) is 0. The predicted molar refractivity (Wildman–Crippen MR) is 73.3 cm³/mol.